The van der Waals surface area contributed by atoms with E-state index in [9.17, 15) is 4.48 Å². The second kappa shape index (κ2) is 7.46. The van der Waals surface area contributed by atoms with Crippen molar-refractivity contribution in [3.05, 3.63) is 18.6 Å². The molecule has 8 heteroatoms. The van der Waals surface area contributed by atoms with E-state index in [4.69, 9.17) is 4.74 Å². The second-order valence-corrected chi connectivity index (χ2v) is 9.79. The normalized spacial score (nSPS) is 27.4. The summed E-state index contributed by atoms with van der Waals surface area (Å²) in [5.41, 5.74) is 0.873. The number of hydrogen-bond acceptors (Lipinski definition) is 6. The van der Waals surface area contributed by atoms with Gasteiger partial charge in [0, 0.05) is 51.3 Å². The summed E-state index contributed by atoms with van der Waals surface area (Å²) >= 11 is 2.05. The molecular formula is C20H28FN5OS. The molecule has 3 fully saturated rings. The van der Waals surface area contributed by atoms with Gasteiger partial charge in [-0.25, -0.2) is 9.97 Å². The van der Waals surface area contributed by atoms with Gasteiger partial charge in [0.15, 0.2) is 5.65 Å². The third-order valence-electron chi connectivity index (χ3n) is 6.96. The first-order valence-corrected chi connectivity index (χ1v) is 11.2. The highest BCUT2D eigenvalue weighted by Crippen LogP contribution is 2.43. The predicted octanol–water partition coefficient (Wildman–Crippen LogP) is 3.53. The van der Waals surface area contributed by atoms with Gasteiger partial charge in [-0.15, -0.1) is 0 Å². The molecule has 0 N–H and O–H groups in total. The average Bonchev–Trinajstić information content (AvgIpc) is 3.25. The van der Waals surface area contributed by atoms with Crippen LogP contribution in [-0.2, 0) is 4.74 Å². The van der Waals surface area contributed by atoms with Gasteiger partial charge >= 0.3 is 0 Å². The lowest BCUT2D eigenvalue weighted by Gasteiger charge is -2.42. The van der Waals surface area contributed by atoms with E-state index >= 15 is 0 Å². The van der Waals surface area contributed by atoms with Crippen molar-refractivity contribution in [1.82, 2.24) is 19.1 Å². The van der Waals surface area contributed by atoms with Crippen molar-refractivity contribution in [3.63, 3.8) is 0 Å². The zero-order valence-electron chi connectivity index (χ0n) is 16.4. The van der Waals surface area contributed by atoms with E-state index in [0.29, 0.717) is 21.9 Å². The number of fused-ring (bicyclic) bond motifs is 1. The molecule has 28 heavy (non-hydrogen) atoms. The van der Waals surface area contributed by atoms with E-state index in [-0.39, 0.29) is 0 Å². The monoisotopic (exact) mass is 405 g/mol. The van der Waals surface area contributed by atoms with Crippen LogP contribution in [0.1, 0.15) is 32.1 Å². The molecule has 2 aliphatic heterocycles. The Hall–Kier alpha value is -1.38. The van der Waals surface area contributed by atoms with E-state index in [1.165, 1.54) is 63.5 Å². The minimum atomic E-state index is 0.347. The van der Waals surface area contributed by atoms with E-state index in [2.05, 4.69) is 26.2 Å². The van der Waals surface area contributed by atoms with Gasteiger partial charge in [-0.05, 0) is 49.5 Å². The van der Waals surface area contributed by atoms with Gasteiger partial charge in [-0.3, -0.25) is 4.31 Å². The van der Waals surface area contributed by atoms with Crippen LogP contribution in [0.25, 0.3) is 11.0 Å². The van der Waals surface area contributed by atoms with Crippen molar-refractivity contribution in [3.8, 4) is 0 Å². The SMILES string of the molecule is CN(c1ncnc2c1ccn2F)C1CC(CSN2CCC3(CCOCC3)C2)C1. The highest BCUT2D eigenvalue weighted by molar-refractivity contribution is 7.97. The summed E-state index contributed by atoms with van der Waals surface area (Å²) in [6.45, 7) is 4.34. The number of halogens is 1. The lowest BCUT2D eigenvalue weighted by Crippen LogP contribution is -2.44. The summed E-state index contributed by atoms with van der Waals surface area (Å²) in [6, 6.07) is 2.24. The Morgan fingerprint density at radius 1 is 1.29 bits per heavy atom. The highest BCUT2D eigenvalue weighted by Gasteiger charge is 2.40. The summed E-state index contributed by atoms with van der Waals surface area (Å²) < 4.78 is 21.9. The molecule has 4 heterocycles. The zero-order valence-corrected chi connectivity index (χ0v) is 17.2. The van der Waals surface area contributed by atoms with Crippen molar-refractivity contribution in [2.45, 2.75) is 38.1 Å². The average molecular weight is 406 g/mol. The van der Waals surface area contributed by atoms with Gasteiger partial charge in [-0.2, -0.15) is 4.79 Å². The number of ether oxygens (including phenoxy) is 1. The van der Waals surface area contributed by atoms with Gasteiger partial charge in [0.25, 0.3) is 0 Å². The molecule has 0 atom stereocenters. The highest BCUT2D eigenvalue weighted by atomic mass is 32.2. The first kappa shape index (κ1) is 18.6. The first-order valence-electron chi connectivity index (χ1n) is 10.3. The second-order valence-electron chi connectivity index (χ2n) is 8.69. The lowest BCUT2D eigenvalue weighted by atomic mass is 9.80. The molecule has 152 valence electrons. The van der Waals surface area contributed by atoms with Crippen LogP contribution < -0.4 is 4.90 Å². The largest absolute Gasteiger partial charge is 0.381 e. The van der Waals surface area contributed by atoms with E-state index in [0.717, 1.165) is 30.3 Å². The van der Waals surface area contributed by atoms with Crippen LogP contribution in [0.3, 0.4) is 0 Å². The van der Waals surface area contributed by atoms with Crippen LogP contribution in [0.2, 0.25) is 0 Å². The van der Waals surface area contributed by atoms with Gasteiger partial charge in [-0.1, -0.05) is 16.4 Å². The van der Waals surface area contributed by atoms with E-state index < -0.39 is 0 Å². The van der Waals surface area contributed by atoms with Gasteiger partial charge in [0.2, 0.25) is 0 Å². The summed E-state index contributed by atoms with van der Waals surface area (Å²) in [6.07, 6.45) is 9.00. The molecule has 2 saturated heterocycles. The minimum Gasteiger partial charge on any atom is -0.381 e. The number of hydrogen-bond donors (Lipinski definition) is 0. The molecule has 2 aromatic rings. The van der Waals surface area contributed by atoms with Crippen LogP contribution in [0, 0.1) is 11.3 Å². The quantitative estimate of drug-likeness (QED) is 0.709. The zero-order chi connectivity index (χ0) is 19.1. The fraction of sp³-hybridized carbons (Fsp3) is 0.700. The maximum atomic E-state index is 13.7. The topological polar surface area (TPSA) is 46.4 Å². The predicted molar refractivity (Wildman–Crippen MR) is 110 cm³/mol. The van der Waals surface area contributed by atoms with Crippen LogP contribution in [0.15, 0.2) is 18.6 Å². The van der Waals surface area contributed by atoms with E-state index in [1.807, 2.05) is 11.9 Å². The summed E-state index contributed by atoms with van der Waals surface area (Å²) in [5.74, 6) is 2.79. The third kappa shape index (κ3) is 3.39. The Morgan fingerprint density at radius 3 is 2.93 bits per heavy atom. The van der Waals surface area contributed by atoms with Crippen molar-refractivity contribution < 1.29 is 9.22 Å². The Kier molecular flexibility index (Phi) is 4.97. The molecule has 0 unspecified atom stereocenters. The molecule has 5 rings (SSSR count). The smallest absolute Gasteiger partial charge is 0.175 e. The molecule has 1 aliphatic carbocycles. The van der Waals surface area contributed by atoms with E-state index in [1.54, 1.807) is 6.07 Å². The van der Waals surface area contributed by atoms with Crippen LogP contribution >= 0.6 is 11.9 Å². The van der Waals surface area contributed by atoms with Crippen molar-refractivity contribution in [2.75, 3.05) is 44.0 Å². The molecule has 0 aromatic carbocycles. The summed E-state index contributed by atoms with van der Waals surface area (Å²) in [5, 5.41) is 0.782. The Morgan fingerprint density at radius 2 is 2.11 bits per heavy atom. The molecule has 1 saturated carbocycles. The lowest BCUT2D eigenvalue weighted by molar-refractivity contribution is 0.0225. The van der Waals surface area contributed by atoms with Crippen molar-refractivity contribution >= 4 is 28.8 Å². The standard InChI is InChI=1S/C20H28FN5OS/c1-24(18-17-2-6-26(21)19(17)23-14-22-18)16-10-15(11-16)12-28-25-7-3-20(13-25)4-8-27-9-5-20/h2,6,14-16H,3-5,7-13H2,1H3. The van der Waals surface area contributed by atoms with Gasteiger partial charge in [0.05, 0.1) is 5.39 Å². The fourth-order valence-corrected chi connectivity index (χ4v) is 6.22. The van der Waals surface area contributed by atoms with Gasteiger partial charge < -0.3 is 9.64 Å². The van der Waals surface area contributed by atoms with Crippen LogP contribution in [0.4, 0.5) is 10.3 Å². The molecule has 1 spiro atoms. The summed E-state index contributed by atoms with van der Waals surface area (Å²) in [7, 11) is 2.07. The van der Waals surface area contributed by atoms with Crippen molar-refractivity contribution in [2.24, 2.45) is 11.3 Å². The molecule has 6 nitrogen and oxygen atoms in total. The Bertz CT molecular complexity index is 833. The van der Waals surface area contributed by atoms with Crippen LogP contribution in [-0.4, -0.2) is 64.2 Å². The third-order valence-corrected chi connectivity index (χ3v) is 8.26. The Labute approximate surface area is 169 Å². The van der Waals surface area contributed by atoms with Crippen molar-refractivity contribution in [1.29, 1.82) is 0 Å². The number of rotatable bonds is 5. The van der Waals surface area contributed by atoms with Gasteiger partial charge in [0.1, 0.15) is 12.1 Å². The molecule has 3 aliphatic rings. The Balaban J connectivity index is 1.12. The maximum Gasteiger partial charge on any atom is 0.175 e. The number of nitrogens with zero attached hydrogens (tertiary/aromatic N) is 5. The fourth-order valence-electron chi connectivity index (χ4n) is 4.94. The maximum absolute atomic E-state index is 13.7. The number of anilines is 1. The summed E-state index contributed by atoms with van der Waals surface area (Å²) in [4.78, 5) is 11.2. The number of aromatic nitrogens is 3. The van der Waals surface area contributed by atoms with Crippen LogP contribution in [0.5, 0.6) is 0 Å². The minimum absolute atomic E-state index is 0.347. The molecular weight excluding hydrogens is 377 g/mol. The first-order chi connectivity index (χ1) is 13.6. The molecule has 0 amide bonds. The molecule has 0 radical (unpaired) electrons. The molecule has 0 bridgehead atoms. The molecule has 2 aromatic heterocycles.